The van der Waals surface area contributed by atoms with E-state index in [9.17, 15) is 14.5 Å². The van der Waals surface area contributed by atoms with Gasteiger partial charge in [0.25, 0.3) is 5.69 Å². The summed E-state index contributed by atoms with van der Waals surface area (Å²) in [6, 6.07) is 11.5. The third-order valence-corrected chi connectivity index (χ3v) is 3.32. The van der Waals surface area contributed by atoms with E-state index in [1.54, 1.807) is 0 Å². The molecular weight excluding hydrogens is 271 g/mol. The normalized spacial score (nSPS) is 12.0. The number of halogens is 1. The van der Waals surface area contributed by atoms with Crippen molar-refractivity contribution in [2.75, 3.05) is 5.32 Å². The zero-order valence-electron chi connectivity index (χ0n) is 12.0. The molecule has 0 saturated heterocycles. The van der Waals surface area contributed by atoms with Gasteiger partial charge in [0, 0.05) is 11.8 Å². The summed E-state index contributed by atoms with van der Waals surface area (Å²) in [6.45, 7) is 4.01. The predicted molar refractivity (Wildman–Crippen MR) is 80.9 cm³/mol. The molecule has 1 atom stereocenters. The molecule has 1 N–H and O–H groups in total. The number of rotatable bonds is 5. The first-order valence-corrected chi connectivity index (χ1v) is 6.77. The van der Waals surface area contributed by atoms with Gasteiger partial charge in [-0.1, -0.05) is 36.8 Å². The lowest BCUT2D eigenvalue weighted by atomic mass is 10.0. The van der Waals surface area contributed by atoms with E-state index in [1.807, 2.05) is 38.1 Å². The van der Waals surface area contributed by atoms with Gasteiger partial charge in [0.1, 0.15) is 5.82 Å². The average Bonchev–Trinajstić information content (AvgIpc) is 2.45. The van der Waals surface area contributed by atoms with Crippen molar-refractivity contribution in [1.82, 2.24) is 0 Å². The van der Waals surface area contributed by atoms with Crippen LogP contribution in [-0.2, 0) is 0 Å². The maximum Gasteiger partial charge on any atom is 0.274 e. The molecule has 2 rings (SSSR count). The minimum absolute atomic E-state index is 0.0213. The second kappa shape index (κ2) is 6.35. The van der Waals surface area contributed by atoms with Crippen LogP contribution in [0.3, 0.4) is 0 Å². The van der Waals surface area contributed by atoms with E-state index in [0.29, 0.717) is 5.69 Å². The molecule has 0 heterocycles. The molecule has 5 heteroatoms. The number of nitro benzene ring substituents is 1. The molecule has 1 unspecified atom stereocenters. The Balaban J connectivity index is 2.26. The molecule has 0 aliphatic heterocycles. The fraction of sp³-hybridized carbons (Fsp3) is 0.250. The van der Waals surface area contributed by atoms with Crippen LogP contribution in [0.4, 0.5) is 15.8 Å². The first-order chi connectivity index (χ1) is 9.99. The van der Waals surface area contributed by atoms with Gasteiger partial charge >= 0.3 is 0 Å². The number of non-ortho nitro benzene ring substituents is 1. The minimum Gasteiger partial charge on any atom is -0.378 e. The number of nitrogens with zero attached hydrogens (tertiary/aromatic N) is 1. The smallest absolute Gasteiger partial charge is 0.274 e. The molecule has 0 amide bonds. The third-order valence-electron chi connectivity index (χ3n) is 3.32. The second-order valence-corrected chi connectivity index (χ2v) is 4.97. The lowest BCUT2D eigenvalue weighted by Crippen LogP contribution is -2.10. The molecule has 0 aliphatic rings. The van der Waals surface area contributed by atoms with Gasteiger partial charge in [-0.3, -0.25) is 10.1 Å². The SMILES string of the molecule is CCC(Nc1cc(F)cc([N+](=O)[O-])c1)c1ccc(C)cc1. The topological polar surface area (TPSA) is 55.2 Å². The van der Waals surface area contributed by atoms with E-state index in [4.69, 9.17) is 0 Å². The Bertz CT molecular complexity index is 641. The summed E-state index contributed by atoms with van der Waals surface area (Å²) in [6.07, 6.45) is 0.785. The number of benzene rings is 2. The second-order valence-electron chi connectivity index (χ2n) is 4.97. The molecule has 0 bridgehead atoms. The number of aryl methyl sites for hydroxylation is 1. The molecule has 0 spiro atoms. The van der Waals surface area contributed by atoms with Crippen LogP contribution in [0, 0.1) is 22.9 Å². The van der Waals surface area contributed by atoms with Crippen LogP contribution in [-0.4, -0.2) is 4.92 Å². The highest BCUT2D eigenvalue weighted by atomic mass is 19.1. The standard InChI is InChI=1S/C16H17FN2O2/c1-3-16(12-6-4-11(2)5-7-12)18-14-8-13(17)9-15(10-14)19(20)21/h4-10,16,18H,3H2,1-2H3. The highest BCUT2D eigenvalue weighted by Gasteiger charge is 2.13. The number of hydrogen-bond acceptors (Lipinski definition) is 3. The summed E-state index contributed by atoms with van der Waals surface area (Å²) in [7, 11) is 0. The monoisotopic (exact) mass is 288 g/mol. The Morgan fingerprint density at radius 1 is 1.24 bits per heavy atom. The fourth-order valence-electron chi connectivity index (χ4n) is 2.18. The Morgan fingerprint density at radius 2 is 1.90 bits per heavy atom. The van der Waals surface area contributed by atoms with Crippen molar-refractivity contribution in [3.8, 4) is 0 Å². The van der Waals surface area contributed by atoms with Crippen molar-refractivity contribution >= 4 is 11.4 Å². The average molecular weight is 288 g/mol. The van der Waals surface area contributed by atoms with Crippen LogP contribution in [0.5, 0.6) is 0 Å². The molecule has 21 heavy (non-hydrogen) atoms. The largest absolute Gasteiger partial charge is 0.378 e. The van der Waals surface area contributed by atoms with Crippen LogP contribution in [0.15, 0.2) is 42.5 Å². The van der Waals surface area contributed by atoms with Gasteiger partial charge in [-0.05, 0) is 25.0 Å². The summed E-state index contributed by atoms with van der Waals surface area (Å²) >= 11 is 0. The van der Waals surface area contributed by atoms with Gasteiger partial charge in [-0.25, -0.2) is 4.39 Å². The van der Waals surface area contributed by atoms with Crippen molar-refractivity contribution in [2.45, 2.75) is 26.3 Å². The van der Waals surface area contributed by atoms with E-state index in [2.05, 4.69) is 5.32 Å². The molecule has 0 aliphatic carbocycles. The van der Waals surface area contributed by atoms with Crippen molar-refractivity contribution in [3.63, 3.8) is 0 Å². The Morgan fingerprint density at radius 3 is 2.48 bits per heavy atom. The van der Waals surface area contributed by atoms with Crippen molar-refractivity contribution in [2.24, 2.45) is 0 Å². The number of nitrogens with one attached hydrogen (secondary N) is 1. The highest BCUT2D eigenvalue weighted by molar-refractivity contribution is 5.53. The zero-order valence-corrected chi connectivity index (χ0v) is 12.0. The van der Waals surface area contributed by atoms with Crippen LogP contribution in [0.25, 0.3) is 0 Å². The molecular formula is C16H17FN2O2. The molecule has 2 aromatic rings. The highest BCUT2D eigenvalue weighted by Crippen LogP contribution is 2.26. The fourth-order valence-corrected chi connectivity index (χ4v) is 2.18. The third kappa shape index (κ3) is 3.78. The quantitative estimate of drug-likeness (QED) is 0.646. The van der Waals surface area contributed by atoms with Gasteiger partial charge in [-0.2, -0.15) is 0 Å². The van der Waals surface area contributed by atoms with Crippen LogP contribution >= 0.6 is 0 Å². The molecule has 0 radical (unpaired) electrons. The van der Waals surface area contributed by atoms with Crippen molar-refractivity contribution < 1.29 is 9.31 Å². The maximum absolute atomic E-state index is 13.5. The number of anilines is 1. The van der Waals surface area contributed by atoms with E-state index >= 15 is 0 Å². The number of nitro groups is 1. The molecule has 0 aromatic heterocycles. The molecule has 0 saturated carbocycles. The molecule has 4 nitrogen and oxygen atoms in total. The lowest BCUT2D eigenvalue weighted by Gasteiger charge is -2.19. The lowest BCUT2D eigenvalue weighted by molar-refractivity contribution is -0.385. The van der Waals surface area contributed by atoms with Crippen molar-refractivity contribution in [1.29, 1.82) is 0 Å². The van der Waals surface area contributed by atoms with E-state index < -0.39 is 10.7 Å². The predicted octanol–water partition coefficient (Wildman–Crippen LogP) is 4.61. The first kappa shape index (κ1) is 15.0. The van der Waals surface area contributed by atoms with E-state index in [-0.39, 0.29) is 11.7 Å². The van der Waals surface area contributed by atoms with Crippen molar-refractivity contribution in [3.05, 3.63) is 69.5 Å². The minimum atomic E-state index is -0.620. The Kier molecular flexibility index (Phi) is 4.52. The summed E-state index contributed by atoms with van der Waals surface area (Å²) in [5.74, 6) is -0.620. The number of hydrogen-bond donors (Lipinski definition) is 1. The zero-order chi connectivity index (χ0) is 15.4. The van der Waals surface area contributed by atoms with E-state index in [1.165, 1.54) is 12.1 Å². The molecule has 0 fully saturated rings. The van der Waals surface area contributed by atoms with Gasteiger partial charge in [0.15, 0.2) is 0 Å². The maximum atomic E-state index is 13.5. The van der Waals surface area contributed by atoms with Gasteiger partial charge in [0.2, 0.25) is 0 Å². The summed E-state index contributed by atoms with van der Waals surface area (Å²) < 4.78 is 13.5. The van der Waals surface area contributed by atoms with Crippen LogP contribution < -0.4 is 5.32 Å². The Labute approximate surface area is 122 Å². The van der Waals surface area contributed by atoms with Crippen LogP contribution in [0.2, 0.25) is 0 Å². The van der Waals surface area contributed by atoms with Gasteiger partial charge in [0.05, 0.1) is 17.0 Å². The van der Waals surface area contributed by atoms with E-state index in [0.717, 1.165) is 23.6 Å². The van der Waals surface area contributed by atoms with Gasteiger partial charge in [-0.15, -0.1) is 0 Å². The summed E-state index contributed by atoms with van der Waals surface area (Å²) in [4.78, 5) is 10.2. The van der Waals surface area contributed by atoms with Gasteiger partial charge < -0.3 is 5.32 Å². The first-order valence-electron chi connectivity index (χ1n) is 6.77. The molecule has 2 aromatic carbocycles. The molecule has 110 valence electrons. The summed E-state index contributed by atoms with van der Waals surface area (Å²) in [5, 5.41) is 13.9. The van der Waals surface area contributed by atoms with Crippen LogP contribution in [0.1, 0.15) is 30.5 Å². The Hall–Kier alpha value is -2.43. The summed E-state index contributed by atoms with van der Waals surface area (Å²) in [5.41, 5.74) is 2.38.